The number of carbonyl (C=O) groups is 1. The Morgan fingerprint density at radius 1 is 1.42 bits per heavy atom. The van der Waals surface area contributed by atoms with Crippen LogP contribution in [0.1, 0.15) is 24.2 Å². The lowest BCUT2D eigenvalue weighted by molar-refractivity contribution is 0.0898. The lowest BCUT2D eigenvalue weighted by Crippen LogP contribution is -2.46. The third-order valence-electron chi connectivity index (χ3n) is 3.59. The predicted molar refractivity (Wildman–Crippen MR) is 73.6 cm³/mol. The van der Waals surface area contributed by atoms with Crippen LogP contribution in [0.25, 0.3) is 0 Å². The highest BCUT2D eigenvalue weighted by Crippen LogP contribution is 2.24. The van der Waals surface area contributed by atoms with E-state index in [9.17, 15) is 13.6 Å². The van der Waals surface area contributed by atoms with Crippen molar-refractivity contribution in [3.05, 3.63) is 35.4 Å². The Bertz CT molecular complexity index is 481. The van der Waals surface area contributed by atoms with Gasteiger partial charge in [-0.05, 0) is 19.1 Å². The summed E-state index contributed by atoms with van der Waals surface area (Å²) in [7, 11) is 0. The maximum absolute atomic E-state index is 13.5. The maximum atomic E-state index is 13.5. The van der Waals surface area contributed by atoms with Crippen LogP contribution >= 0.6 is 11.8 Å². The van der Waals surface area contributed by atoms with E-state index >= 15 is 0 Å². The second kappa shape index (κ2) is 6.01. The fourth-order valence-corrected chi connectivity index (χ4v) is 3.37. The molecule has 0 aliphatic carbocycles. The van der Waals surface area contributed by atoms with Gasteiger partial charge in [0.25, 0.3) is 0 Å². The molecule has 0 amide bonds. The number of rotatable bonds is 3. The summed E-state index contributed by atoms with van der Waals surface area (Å²) in [6, 6.07) is 3.38. The van der Waals surface area contributed by atoms with Crippen LogP contribution in [0.2, 0.25) is 0 Å². The van der Waals surface area contributed by atoms with Crippen molar-refractivity contribution in [2.75, 3.05) is 18.8 Å². The second-order valence-corrected chi connectivity index (χ2v) is 6.32. The molecule has 1 aliphatic heterocycles. The zero-order valence-electron chi connectivity index (χ0n) is 11.0. The summed E-state index contributed by atoms with van der Waals surface area (Å²) in [5, 5.41) is 0.458. The van der Waals surface area contributed by atoms with Crippen molar-refractivity contribution in [1.29, 1.82) is 0 Å². The summed E-state index contributed by atoms with van der Waals surface area (Å²) < 4.78 is 26.4. The van der Waals surface area contributed by atoms with E-state index in [1.54, 1.807) is 0 Å². The minimum atomic E-state index is -0.780. The van der Waals surface area contributed by atoms with Gasteiger partial charge in [0.2, 0.25) is 0 Å². The average molecular weight is 285 g/mol. The number of halogens is 2. The molecule has 104 valence electrons. The first-order valence-corrected chi connectivity index (χ1v) is 7.38. The summed E-state index contributed by atoms with van der Waals surface area (Å²) in [6.45, 7) is 5.22. The molecule has 0 N–H and O–H groups in total. The average Bonchev–Trinajstić information content (AvgIpc) is 2.34. The van der Waals surface area contributed by atoms with Crippen molar-refractivity contribution in [3.63, 3.8) is 0 Å². The number of ketones is 1. The van der Waals surface area contributed by atoms with Gasteiger partial charge in [0.15, 0.2) is 5.78 Å². The number of hydrogen-bond donors (Lipinski definition) is 0. The van der Waals surface area contributed by atoms with Gasteiger partial charge in [-0.2, -0.15) is 11.8 Å². The van der Waals surface area contributed by atoms with Crippen LogP contribution in [0.5, 0.6) is 0 Å². The number of thioether (sulfide) groups is 1. The molecule has 1 aliphatic rings. The highest BCUT2D eigenvalue weighted by atomic mass is 32.2. The monoisotopic (exact) mass is 285 g/mol. The normalized spacial score (nSPS) is 24.4. The Labute approximate surface area is 116 Å². The third-order valence-corrected chi connectivity index (χ3v) is 4.93. The van der Waals surface area contributed by atoms with E-state index in [0.29, 0.717) is 5.25 Å². The number of benzene rings is 1. The zero-order valence-corrected chi connectivity index (χ0v) is 11.8. The maximum Gasteiger partial charge on any atom is 0.179 e. The molecule has 0 saturated carbocycles. The fourth-order valence-electron chi connectivity index (χ4n) is 2.20. The van der Waals surface area contributed by atoms with Gasteiger partial charge in [-0.15, -0.1) is 0 Å². The number of Topliss-reactive ketones (excluding diaryl/α,β-unsaturated/α-hetero) is 1. The Morgan fingerprint density at radius 2 is 2.16 bits per heavy atom. The summed E-state index contributed by atoms with van der Waals surface area (Å²) >= 11 is 1.88. The van der Waals surface area contributed by atoms with E-state index in [2.05, 4.69) is 18.7 Å². The number of carbonyl (C=O) groups excluding carboxylic acids is 1. The van der Waals surface area contributed by atoms with Gasteiger partial charge in [0, 0.05) is 29.7 Å². The number of hydrogen-bond acceptors (Lipinski definition) is 3. The van der Waals surface area contributed by atoms with Crippen LogP contribution in [-0.4, -0.2) is 40.8 Å². The van der Waals surface area contributed by atoms with E-state index in [0.717, 1.165) is 24.4 Å². The van der Waals surface area contributed by atoms with Crippen LogP contribution < -0.4 is 0 Å². The Morgan fingerprint density at radius 3 is 2.84 bits per heavy atom. The molecular weight excluding hydrogens is 268 g/mol. The minimum Gasteiger partial charge on any atom is -0.293 e. The van der Waals surface area contributed by atoms with Crippen LogP contribution in [-0.2, 0) is 0 Å². The standard InChI is InChI=1S/C14H17F2NOS/c1-9-10(2)19-6-5-17(9)8-14(18)12-4-3-11(15)7-13(12)16/h3-4,7,9-10H,5-6,8H2,1-2H3. The molecule has 0 bridgehead atoms. The van der Waals surface area contributed by atoms with Crippen molar-refractivity contribution in [1.82, 2.24) is 4.90 Å². The van der Waals surface area contributed by atoms with E-state index < -0.39 is 11.6 Å². The van der Waals surface area contributed by atoms with Gasteiger partial charge < -0.3 is 0 Å². The van der Waals surface area contributed by atoms with Crippen LogP contribution in [0.3, 0.4) is 0 Å². The highest BCUT2D eigenvalue weighted by Gasteiger charge is 2.27. The van der Waals surface area contributed by atoms with Crippen LogP contribution in [0, 0.1) is 11.6 Å². The van der Waals surface area contributed by atoms with Gasteiger partial charge in [0.05, 0.1) is 12.1 Å². The molecule has 0 radical (unpaired) electrons. The van der Waals surface area contributed by atoms with Gasteiger partial charge >= 0.3 is 0 Å². The molecular formula is C14H17F2NOS. The topological polar surface area (TPSA) is 20.3 Å². The van der Waals surface area contributed by atoms with Crippen molar-refractivity contribution >= 4 is 17.5 Å². The molecule has 0 aromatic heterocycles. The Kier molecular flexibility index (Phi) is 4.58. The molecule has 19 heavy (non-hydrogen) atoms. The molecule has 1 aromatic rings. The molecule has 5 heteroatoms. The highest BCUT2D eigenvalue weighted by molar-refractivity contribution is 8.00. The van der Waals surface area contributed by atoms with Crippen molar-refractivity contribution in [3.8, 4) is 0 Å². The number of nitrogens with zero attached hydrogens (tertiary/aromatic N) is 1. The molecule has 1 heterocycles. The molecule has 2 unspecified atom stereocenters. The van der Waals surface area contributed by atoms with E-state index in [-0.39, 0.29) is 23.9 Å². The van der Waals surface area contributed by atoms with Gasteiger partial charge in [0.1, 0.15) is 11.6 Å². The zero-order chi connectivity index (χ0) is 14.0. The van der Waals surface area contributed by atoms with Crippen molar-refractivity contribution < 1.29 is 13.6 Å². The predicted octanol–water partition coefficient (Wildman–Crippen LogP) is 2.97. The fraction of sp³-hybridized carbons (Fsp3) is 0.500. The summed E-state index contributed by atoms with van der Waals surface area (Å²) in [4.78, 5) is 14.1. The molecule has 2 nitrogen and oxygen atoms in total. The van der Waals surface area contributed by atoms with Crippen LogP contribution in [0.15, 0.2) is 18.2 Å². The summed E-state index contributed by atoms with van der Waals surface area (Å²) in [6.07, 6.45) is 0. The van der Waals surface area contributed by atoms with Gasteiger partial charge in [-0.1, -0.05) is 6.92 Å². The van der Waals surface area contributed by atoms with Crippen LogP contribution in [0.4, 0.5) is 8.78 Å². The third kappa shape index (κ3) is 3.34. The quantitative estimate of drug-likeness (QED) is 0.796. The second-order valence-electron chi connectivity index (χ2n) is 4.83. The lowest BCUT2D eigenvalue weighted by atomic mass is 10.1. The smallest absolute Gasteiger partial charge is 0.179 e. The Hall–Kier alpha value is -0.940. The molecule has 0 spiro atoms. The van der Waals surface area contributed by atoms with Gasteiger partial charge in [-0.3, -0.25) is 9.69 Å². The lowest BCUT2D eigenvalue weighted by Gasteiger charge is -2.36. The molecule has 1 saturated heterocycles. The first kappa shape index (κ1) is 14.5. The van der Waals surface area contributed by atoms with E-state index in [1.807, 2.05) is 11.8 Å². The first-order chi connectivity index (χ1) is 8.99. The van der Waals surface area contributed by atoms with E-state index in [4.69, 9.17) is 0 Å². The van der Waals surface area contributed by atoms with Crippen molar-refractivity contribution in [2.45, 2.75) is 25.1 Å². The molecule has 2 rings (SSSR count). The van der Waals surface area contributed by atoms with Crippen molar-refractivity contribution in [2.24, 2.45) is 0 Å². The SMILES string of the molecule is CC1SCCN(CC(=O)c2ccc(F)cc2F)C1C. The minimum absolute atomic E-state index is 0.0283. The largest absolute Gasteiger partial charge is 0.293 e. The first-order valence-electron chi connectivity index (χ1n) is 6.33. The Balaban J connectivity index is 2.08. The summed E-state index contributed by atoms with van der Waals surface area (Å²) in [5.41, 5.74) is -0.0283. The van der Waals surface area contributed by atoms with E-state index in [1.165, 1.54) is 6.07 Å². The molecule has 1 fully saturated rings. The molecule has 1 aromatic carbocycles. The summed E-state index contributed by atoms with van der Waals surface area (Å²) in [5.74, 6) is -0.754. The van der Waals surface area contributed by atoms with Gasteiger partial charge in [-0.25, -0.2) is 8.78 Å². The molecule has 2 atom stereocenters.